The number of hydrogen-bond acceptors (Lipinski definition) is 4. The van der Waals surface area contributed by atoms with Crippen LogP contribution in [-0.2, 0) is 9.47 Å². The molecule has 0 radical (unpaired) electrons. The van der Waals surface area contributed by atoms with Crippen LogP contribution in [0, 0.1) is 6.92 Å². The number of morpholine rings is 1. The highest BCUT2D eigenvalue weighted by molar-refractivity contribution is 5.91. The molecule has 0 spiro atoms. The molecular formula is C15H21NO3. The predicted octanol–water partition coefficient (Wildman–Crippen LogP) is 1.87. The molecule has 1 fully saturated rings. The number of esters is 1. The zero-order valence-corrected chi connectivity index (χ0v) is 11.6. The van der Waals surface area contributed by atoms with Gasteiger partial charge >= 0.3 is 5.97 Å². The Balaban J connectivity index is 1.86. The first kappa shape index (κ1) is 14.0. The van der Waals surface area contributed by atoms with E-state index < -0.39 is 0 Å². The van der Waals surface area contributed by atoms with E-state index in [4.69, 9.17) is 9.47 Å². The third kappa shape index (κ3) is 4.04. The minimum atomic E-state index is -0.237. The van der Waals surface area contributed by atoms with Crippen LogP contribution in [0.1, 0.15) is 22.8 Å². The van der Waals surface area contributed by atoms with Gasteiger partial charge in [-0.3, -0.25) is 4.90 Å². The van der Waals surface area contributed by atoms with E-state index in [0.717, 1.165) is 38.4 Å². The first-order valence-corrected chi connectivity index (χ1v) is 6.73. The van der Waals surface area contributed by atoms with E-state index in [2.05, 4.69) is 4.90 Å². The van der Waals surface area contributed by atoms with Gasteiger partial charge < -0.3 is 9.47 Å². The number of nitrogens with zero attached hydrogens (tertiary/aromatic N) is 1. The average Bonchev–Trinajstić information content (AvgIpc) is 2.40. The number of aryl methyl sites for hydroxylation is 1. The van der Waals surface area contributed by atoms with Gasteiger partial charge in [0, 0.05) is 19.6 Å². The van der Waals surface area contributed by atoms with Crippen LogP contribution in [0.2, 0.25) is 0 Å². The van der Waals surface area contributed by atoms with Crippen molar-refractivity contribution in [3.05, 3.63) is 35.4 Å². The Bertz CT molecular complexity index is 427. The minimum Gasteiger partial charge on any atom is -0.458 e. The number of carbonyl (C=O) groups excluding carboxylic acids is 1. The van der Waals surface area contributed by atoms with Crippen LogP contribution in [-0.4, -0.2) is 49.8 Å². The predicted molar refractivity (Wildman–Crippen MR) is 73.3 cm³/mol. The Morgan fingerprint density at radius 2 is 2.05 bits per heavy atom. The first-order valence-electron chi connectivity index (χ1n) is 6.73. The molecule has 4 heteroatoms. The lowest BCUT2D eigenvalue weighted by Crippen LogP contribution is -2.41. The minimum absolute atomic E-state index is 0.106. The van der Waals surface area contributed by atoms with Gasteiger partial charge in [-0.1, -0.05) is 18.2 Å². The summed E-state index contributed by atoms with van der Waals surface area (Å²) in [7, 11) is 0. The van der Waals surface area contributed by atoms with E-state index in [1.165, 1.54) is 0 Å². The number of benzene rings is 1. The van der Waals surface area contributed by atoms with E-state index in [-0.39, 0.29) is 12.1 Å². The lowest BCUT2D eigenvalue weighted by Gasteiger charge is -2.28. The van der Waals surface area contributed by atoms with Crippen molar-refractivity contribution in [1.29, 1.82) is 0 Å². The molecule has 0 aliphatic carbocycles. The highest BCUT2D eigenvalue weighted by Gasteiger charge is 2.18. The van der Waals surface area contributed by atoms with Gasteiger partial charge in [-0.2, -0.15) is 0 Å². The van der Waals surface area contributed by atoms with Crippen LogP contribution in [0.25, 0.3) is 0 Å². The Hall–Kier alpha value is -1.39. The van der Waals surface area contributed by atoms with Crippen molar-refractivity contribution in [3.63, 3.8) is 0 Å². The van der Waals surface area contributed by atoms with E-state index in [9.17, 15) is 4.79 Å². The van der Waals surface area contributed by atoms with Gasteiger partial charge in [0.1, 0.15) is 6.10 Å². The molecule has 2 rings (SSSR count). The molecule has 1 aromatic carbocycles. The molecule has 0 saturated carbocycles. The second-order valence-electron chi connectivity index (χ2n) is 4.94. The number of ether oxygens (including phenoxy) is 2. The fraction of sp³-hybridized carbons (Fsp3) is 0.533. The summed E-state index contributed by atoms with van der Waals surface area (Å²) < 4.78 is 10.8. The summed E-state index contributed by atoms with van der Waals surface area (Å²) in [6.45, 7) is 7.96. The van der Waals surface area contributed by atoms with Crippen molar-refractivity contribution in [2.45, 2.75) is 20.0 Å². The molecule has 1 aliphatic rings. The van der Waals surface area contributed by atoms with E-state index in [1.807, 2.05) is 32.0 Å². The van der Waals surface area contributed by atoms with Crippen LogP contribution in [0.15, 0.2) is 24.3 Å². The molecule has 104 valence electrons. The second-order valence-corrected chi connectivity index (χ2v) is 4.94. The average molecular weight is 263 g/mol. The monoisotopic (exact) mass is 263 g/mol. The van der Waals surface area contributed by atoms with Gasteiger partial charge in [-0.15, -0.1) is 0 Å². The third-order valence-electron chi connectivity index (χ3n) is 3.29. The van der Waals surface area contributed by atoms with E-state index >= 15 is 0 Å². The Morgan fingerprint density at radius 1 is 1.37 bits per heavy atom. The van der Waals surface area contributed by atoms with E-state index in [0.29, 0.717) is 5.56 Å². The Morgan fingerprint density at radius 3 is 2.74 bits per heavy atom. The molecule has 0 bridgehead atoms. The molecule has 19 heavy (non-hydrogen) atoms. The topological polar surface area (TPSA) is 38.8 Å². The van der Waals surface area contributed by atoms with Crippen molar-refractivity contribution in [2.75, 3.05) is 32.8 Å². The number of rotatable bonds is 4. The van der Waals surface area contributed by atoms with Gasteiger partial charge in [0.15, 0.2) is 0 Å². The van der Waals surface area contributed by atoms with Crippen LogP contribution in [0.3, 0.4) is 0 Å². The quantitative estimate of drug-likeness (QED) is 0.777. The number of carbonyl (C=O) groups is 1. The maximum Gasteiger partial charge on any atom is 0.338 e. The van der Waals surface area contributed by atoms with E-state index in [1.54, 1.807) is 6.07 Å². The van der Waals surface area contributed by atoms with Crippen molar-refractivity contribution in [2.24, 2.45) is 0 Å². The molecule has 4 nitrogen and oxygen atoms in total. The largest absolute Gasteiger partial charge is 0.458 e. The highest BCUT2D eigenvalue weighted by atomic mass is 16.5. The highest BCUT2D eigenvalue weighted by Crippen LogP contribution is 2.10. The fourth-order valence-corrected chi connectivity index (χ4v) is 2.23. The van der Waals surface area contributed by atoms with Crippen LogP contribution in [0.4, 0.5) is 0 Å². The molecular weight excluding hydrogens is 242 g/mol. The molecule has 1 saturated heterocycles. The van der Waals surface area contributed by atoms with Gasteiger partial charge in [0.05, 0.1) is 18.8 Å². The normalized spacial score (nSPS) is 18.0. The lowest BCUT2D eigenvalue weighted by molar-refractivity contribution is 0.000411. The molecule has 1 aliphatic heterocycles. The maximum absolute atomic E-state index is 12.1. The molecule has 1 heterocycles. The third-order valence-corrected chi connectivity index (χ3v) is 3.29. The summed E-state index contributed by atoms with van der Waals surface area (Å²) in [4.78, 5) is 14.3. The smallest absolute Gasteiger partial charge is 0.338 e. The van der Waals surface area contributed by atoms with Crippen LogP contribution in [0.5, 0.6) is 0 Å². The second kappa shape index (κ2) is 6.68. The Labute approximate surface area is 114 Å². The molecule has 1 atom stereocenters. The summed E-state index contributed by atoms with van der Waals surface area (Å²) in [5.74, 6) is -0.237. The van der Waals surface area contributed by atoms with Crippen molar-refractivity contribution >= 4 is 5.97 Å². The zero-order chi connectivity index (χ0) is 13.7. The summed E-state index contributed by atoms with van der Waals surface area (Å²) in [5.41, 5.74) is 1.60. The Kier molecular flexibility index (Phi) is 4.93. The summed E-state index contributed by atoms with van der Waals surface area (Å²) in [6, 6.07) is 7.50. The van der Waals surface area contributed by atoms with Gasteiger partial charge in [-0.05, 0) is 25.5 Å². The molecule has 0 amide bonds. The van der Waals surface area contributed by atoms with Crippen molar-refractivity contribution in [1.82, 2.24) is 4.90 Å². The summed E-state index contributed by atoms with van der Waals surface area (Å²) in [6.07, 6.45) is -0.106. The van der Waals surface area contributed by atoms with Gasteiger partial charge in [-0.25, -0.2) is 4.79 Å². The first-order chi connectivity index (χ1) is 9.16. The molecule has 0 aromatic heterocycles. The van der Waals surface area contributed by atoms with Crippen molar-refractivity contribution < 1.29 is 14.3 Å². The van der Waals surface area contributed by atoms with Gasteiger partial charge in [0.2, 0.25) is 0 Å². The summed E-state index contributed by atoms with van der Waals surface area (Å²) in [5, 5.41) is 0. The zero-order valence-electron chi connectivity index (χ0n) is 11.6. The SMILES string of the molecule is Cc1ccccc1C(=O)O[C@@H](C)CN1CCOCC1. The van der Waals surface area contributed by atoms with Crippen molar-refractivity contribution in [3.8, 4) is 0 Å². The molecule has 1 aromatic rings. The van der Waals surface area contributed by atoms with Crippen LogP contribution < -0.4 is 0 Å². The number of hydrogen-bond donors (Lipinski definition) is 0. The standard InChI is InChI=1S/C15H21NO3/c1-12-5-3-4-6-14(12)15(17)19-13(2)11-16-7-9-18-10-8-16/h3-6,13H,7-11H2,1-2H3/t13-/m0/s1. The molecule has 0 N–H and O–H groups in total. The fourth-order valence-electron chi connectivity index (χ4n) is 2.23. The van der Waals surface area contributed by atoms with Gasteiger partial charge in [0.25, 0.3) is 0 Å². The van der Waals surface area contributed by atoms with Crippen LogP contribution >= 0.6 is 0 Å². The summed E-state index contributed by atoms with van der Waals surface area (Å²) >= 11 is 0. The molecule has 0 unspecified atom stereocenters. The lowest BCUT2D eigenvalue weighted by atomic mass is 10.1. The maximum atomic E-state index is 12.1.